The van der Waals surface area contributed by atoms with Crippen LogP contribution in [0.1, 0.15) is 17.3 Å². The fourth-order valence-corrected chi connectivity index (χ4v) is 1.81. The highest BCUT2D eigenvalue weighted by atomic mass is 127. The van der Waals surface area contributed by atoms with Crippen LogP contribution in [0, 0.1) is 3.57 Å². The van der Waals surface area contributed by atoms with Crippen LogP contribution in [0.3, 0.4) is 0 Å². The lowest BCUT2D eigenvalue weighted by atomic mass is 10.2. The standard InChI is InChI=1S/C11H14ClIN2O.ClH/c1-7(14-2)6-15-11(16)9-5-8(13)3-4-10(9)12;/h3-5,7,14H,6H2,1-2H3,(H,15,16);1H. The van der Waals surface area contributed by atoms with Crippen molar-refractivity contribution < 1.29 is 4.79 Å². The first kappa shape index (κ1) is 17.0. The molecule has 1 unspecified atom stereocenters. The topological polar surface area (TPSA) is 41.1 Å². The molecule has 96 valence electrons. The Morgan fingerprint density at radius 1 is 1.53 bits per heavy atom. The number of amides is 1. The predicted molar refractivity (Wildman–Crippen MR) is 82.3 cm³/mol. The lowest BCUT2D eigenvalue weighted by Crippen LogP contribution is -2.37. The second-order valence-corrected chi connectivity index (χ2v) is 5.18. The van der Waals surface area contributed by atoms with Crippen molar-refractivity contribution >= 4 is 52.5 Å². The molecule has 0 heterocycles. The van der Waals surface area contributed by atoms with E-state index in [1.54, 1.807) is 12.1 Å². The number of rotatable bonds is 4. The molecule has 1 aromatic carbocycles. The molecule has 0 fully saturated rings. The first-order chi connectivity index (χ1) is 7.54. The highest BCUT2D eigenvalue weighted by Crippen LogP contribution is 2.18. The molecular formula is C11H15Cl2IN2O. The molecule has 2 N–H and O–H groups in total. The Kier molecular flexibility index (Phi) is 8.11. The average Bonchev–Trinajstić information content (AvgIpc) is 2.28. The Bertz CT molecular complexity index is 388. The van der Waals surface area contributed by atoms with E-state index in [0.29, 0.717) is 17.1 Å². The molecule has 1 atom stereocenters. The molecule has 0 aliphatic rings. The van der Waals surface area contributed by atoms with Crippen molar-refractivity contribution in [3.8, 4) is 0 Å². The van der Waals surface area contributed by atoms with E-state index in [1.807, 2.05) is 20.0 Å². The van der Waals surface area contributed by atoms with Crippen LogP contribution in [-0.2, 0) is 0 Å². The quantitative estimate of drug-likeness (QED) is 0.778. The zero-order valence-corrected chi connectivity index (χ0v) is 13.3. The van der Waals surface area contributed by atoms with Crippen LogP contribution in [0.2, 0.25) is 5.02 Å². The SMILES string of the molecule is CNC(C)CNC(=O)c1cc(I)ccc1Cl.Cl. The molecule has 6 heteroatoms. The van der Waals surface area contributed by atoms with Gasteiger partial charge < -0.3 is 10.6 Å². The maximum absolute atomic E-state index is 11.8. The van der Waals surface area contributed by atoms with E-state index in [-0.39, 0.29) is 24.4 Å². The van der Waals surface area contributed by atoms with Crippen molar-refractivity contribution in [3.63, 3.8) is 0 Å². The van der Waals surface area contributed by atoms with Gasteiger partial charge in [0.2, 0.25) is 0 Å². The Morgan fingerprint density at radius 3 is 2.76 bits per heavy atom. The van der Waals surface area contributed by atoms with Crippen LogP contribution in [0.15, 0.2) is 18.2 Å². The first-order valence-corrected chi connectivity index (χ1v) is 6.40. The molecule has 0 aliphatic carbocycles. The summed E-state index contributed by atoms with van der Waals surface area (Å²) in [5.41, 5.74) is 0.525. The van der Waals surface area contributed by atoms with Gasteiger partial charge in [-0.2, -0.15) is 0 Å². The van der Waals surface area contributed by atoms with Crippen LogP contribution in [-0.4, -0.2) is 25.5 Å². The fourth-order valence-electron chi connectivity index (χ4n) is 1.11. The van der Waals surface area contributed by atoms with E-state index in [1.165, 1.54) is 0 Å². The summed E-state index contributed by atoms with van der Waals surface area (Å²) in [6, 6.07) is 5.63. The second kappa shape index (κ2) is 8.13. The van der Waals surface area contributed by atoms with E-state index in [0.717, 1.165) is 3.57 Å². The average molecular weight is 389 g/mol. The van der Waals surface area contributed by atoms with E-state index >= 15 is 0 Å². The number of benzene rings is 1. The van der Waals surface area contributed by atoms with Crippen LogP contribution >= 0.6 is 46.6 Å². The fraction of sp³-hybridized carbons (Fsp3) is 0.364. The molecule has 1 rings (SSSR count). The predicted octanol–water partition coefficient (Wildman–Crippen LogP) is 2.70. The van der Waals surface area contributed by atoms with E-state index in [4.69, 9.17) is 11.6 Å². The highest BCUT2D eigenvalue weighted by molar-refractivity contribution is 14.1. The number of carbonyl (C=O) groups is 1. The number of nitrogens with one attached hydrogen (secondary N) is 2. The van der Waals surface area contributed by atoms with Crippen LogP contribution < -0.4 is 10.6 Å². The van der Waals surface area contributed by atoms with Gasteiger partial charge in [0.05, 0.1) is 10.6 Å². The van der Waals surface area contributed by atoms with E-state index < -0.39 is 0 Å². The van der Waals surface area contributed by atoms with Crippen molar-refractivity contribution in [2.45, 2.75) is 13.0 Å². The molecule has 1 amide bonds. The summed E-state index contributed by atoms with van der Waals surface area (Å²) in [6.07, 6.45) is 0. The summed E-state index contributed by atoms with van der Waals surface area (Å²) in [7, 11) is 1.86. The molecule has 0 radical (unpaired) electrons. The monoisotopic (exact) mass is 388 g/mol. The zero-order chi connectivity index (χ0) is 12.1. The minimum atomic E-state index is -0.134. The summed E-state index contributed by atoms with van der Waals surface area (Å²) in [4.78, 5) is 11.8. The van der Waals surface area contributed by atoms with Crippen molar-refractivity contribution in [1.82, 2.24) is 10.6 Å². The molecule has 0 saturated carbocycles. The molecule has 0 aromatic heterocycles. The van der Waals surface area contributed by atoms with Crippen molar-refractivity contribution in [2.24, 2.45) is 0 Å². The Morgan fingerprint density at radius 2 is 2.18 bits per heavy atom. The zero-order valence-electron chi connectivity index (χ0n) is 9.59. The van der Waals surface area contributed by atoms with Gasteiger partial charge in [0.15, 0.2) is 0 Å². The van der Waals surface area contributed by atoms with Gasteiger partial charge in [-0.25, -0.2) is 0 Å². The molecule has 0 saturated heterocycles. The number of likely N-dealkylation sites (N-methyl/N-ethyl adjacent to an activating group) is 1. The highest BCUT2D eigenvalue weighted by Gasteiger charge is 2.11. The molecule has 1 aromatic rings. The Hall–Kier alpha value is -0.0400. The maximum atomic E-state index is 11.8. The van der Waals surface area contributed by atoms with Gasteiger partial charge in [0, 0.05) is 16.2 Å². The summed E-state index contributed by atoms with van der Waals surface area (Å²) < 4.78 is 0.994. The van der Waals surface area contributed by atoms with Crippen LogP contribution in [0.4, 0.5) is 0 Å². The number of halogens is 3. The van der Waals surface area contributed by atoms with Crippen LogP contribution in [0.25, 0.3) is 0 Å². The number of hydrogen-bond acceptors (Lipinski definition) is 2. The second-order valence-electron chi connectivity index (χ2n) is 3.52. The molecular weight excluding hydrogens is 374 g/mol. The summed E-state index contributed by atoms with van der Waals surface area (Å²) in [6.45, 7) is 2.58. The third-order valence-corrected chi connectivity index (χ3v) is 3.24. The van der Waals surface area contributed by atoms with E-state index in [2.05, 4.69) is 33.2 Å². The first-order valence-electron chi connectivity index (χ1n) is 4.95. The van der Waals surface area contributed by atoms with Gasteiger partial charge in [-0.1, -0.05) is 11.6 Å². The normalized spacial score (nSPS) is 11.5. The van der Waals surface area contributed by atoms with Crippen LogP contribution in [0.5, 0.6) is 0 Å². The third-order valence-electron chi connectivity index (χ3n) is 2.23. The van der Waals surface area contributed by atoms with Gasteiger partial charge in [0.1, 0.15) is 0 Å². The molecule has 0 aliphatic heterocycles. The minimum absolute atomic E-state index is 0. The van der Waals surface area contributed by atoms with Crippen molar-refractivity contribution in [2.75, 3.05) is 13.6 Å². The largest absolute Gasteiger partial charge is 0.350 e. The summed E-state index contributed by atoms with van der Waals surface area (Å²) in [5, 5.41) is 6.36. The molecule has 0 bridgehead atoms. The third kappa shape index (κ3) is 5.42. The molecule has 3 nitrogen and oxygen atoms in total. The van der Waals surface area contributed by atoms with E-state index in [9.17, 15) is 4.79 Å². The Balaban J connectivity index is 0.00000256. The summed E-state index contributed by atoms with van der Waals surface area (Å²) >= 11 is 8.11. The van der Waals surface area contributed by atoms with Gasteiger partial charge in [-0.3, -0.25) is 4.79 Å². The van der Waals surface area contributed by atoms with Gasteiger partial charge in [-0.15, -0.1) is 12.4 Å². The van der Waals surface area contributed by atoms with Crippen molar-refractivity contribution in [3.05, 3.63) is 32.4 Å². The van der Waals surface area contributed by atoms with Gasteiger partial charge in [-0.05, 0) is 54.8 Å². The van der Waals surface area contributed by atoms with Gasteiger partial charge >= 0.3 is 0 Å². The number of carbonyl (C=O) groups excluding carboxylic acids is 1. The maximum Gasteiger partial charge on any atom is 0.252 e. The number of hydrogen-bond donors (Lipinski definition) is 2. The Labute approximate surface area is 126 Å². The minimum Gasteiger partial charge on any atom is -0.350 e. The lowest BCUT2D eigenvalue weighted by Gasteiger charge is -2.12. The van der Waals surface area contributed by atoms with Crippen molar-refractivity contribution in [1.29, 1.82) is 0 Å². The molecule has 17 heavy (non-hydrogen) atoms. The smallest absolute Gasteiger partial charge is 0.252 e. The van der Waals surface area contributed by atoms with Gasteiger partial charge in [0.25, 0.3) is 5.91 Å². The lowest BCUT2D eigenvalue weighted by molar-refractivity contribution is 0.0950. The summed E-state index contributed by atoms with van der Waals surface area (Å²) in [5.74, 6) is -0.134. The molecule has 0 spiro atoms.